The second-order valence-corrected chi connectivity index (χ2v) is 6.43. The number of hydrogen-bond acceptors (Lipinski definition) is 4. The van der Waals surface area contributed by atoms with Crippen molar-refractivity contribution in [1.82, 2.24) is 4.90 Å². The monoisotopic (exact) mass is 370 g/mol. The zero-order valence-electron chi connectivity index (χ0n) is 16.2. The lowest BCUT2D eigenvalue weighted by atomic mass is 10.2. The SMILES string of the molecule is COc1ccc(CN(CC(=O)Nc2ccccc2OC(C)C)C(C)=O)cc1. The normalized spacial score (nSPS) is 10.4. The highest BCUT2D eigenvalue weighted by Gasteiger charge is 2.16. The largest absolute Gasteiger partial charge is 0.497 e. The summed E-state index contributed by atoms with van der Waals surface area (Å²) in [6.07, 6.45) is -0.00755. The lowest BCUT2D eigenvalue weighted by Gasteiger charge is -2.21. The third-order valence-electron chi connectivity index (χ3n) is 3.84. The van der Waals surface area contributed by atoms with Gasteiger partial charge in [-0.15, -0.1) is 0 Å². The second-order valence-electron chi connectivity index (χ2n) is 6.43. The van der Waals surface area contributed by atoms with E-state index in [-0.39, 0.29) is 24.5 Å². The topological polar surface area (TPSA) is 67.9 Å². The molecule has 6 heteroatoms. The maximum absolute atomic E-state index is 12.5. The number of anilines is 1. The van der Waals surface area contributed by atoms with Gasteiger partial charge in [-0.2, -0.15) is 0 Å². The number of methoxy groups -OCH3 is 1. The molecule has 0 aromatic heterocycles. The summed E-state index contributed by atoms with van der Waals surface area (Å²) in [4.78, 5) is 25.9. The van der Waals surface area contributed by atoms with Crippen molar-refractivity contribution in [1.29, 1.82) is 0 Å². The van der Waals surface area contributed by atoms with Gasteiger partial charge in [-0.05, 0) is 43.7 Å². The molecule has 0 radical (unpaired) electrons. The molecule has 0 unspecified atom stereocenters. The van der Waals surface area contributed by atoms with Gasteiger partial charge in [0.05, 0.1) is 18.9 Å². The van der Waals surface area contributed by atoms with Gasteiger partial charge in [0, 0.05) is 13.5 Å². The Balaban J connectivity index is 2.03. The smallest absolute Gasteiger partial charge is 0.244 e. The number of amides is 2. The number of carbonyl (C=O) groups excluding carboxylic acids is 2. The van der Waals surface area contributed by atoms with Crippen LogP contribution in [-0.4, -0.2) is 36.5 Å². The fourth-order valence-electron chi connectivity index (χ4n) is 2.52. The first-order valence-corrected chi connectivity index (χ1v) is 8.83. The van der Waals surface area contributed by atoms with Crippen molar-refractivity contribution in [3.05, 3.63) is 54.1 Å². The Morgan fingerprint density at radius 1 is 1.07 bits per heavy atom. The summed E-state index contributed by atoms with van der Waals surface area (Å²) in [5.74, 6) is 0.893. The maximum atomic E-state index is 12.5. The van der Waals surface area contributed by atoms with E-state index >= 15 is 0 Å². The fourth-order valence-corrected chi connectivity index (χ4v) is 2.52. The number of rotatable bonds is 8. The van der Waals surface area contributed by atoms with E-state index in [1.54, 1.807) is 19.2 Å². The van der Waals surface area contributed by atoms with E-state index in [0.717, 1.165) is 11.3 Å². The number of carbonyl (C=O) groups is 2. The molecule has 2 aromatic carbocycles. The number of nitrogens with zero attached hydrogens (tertiary/aromatic N) is 1. The number of hydrogen-bond donors (Lipinski definition) is 1. The van der Waals surface area contributed by atoms with Crippen LogP contribution in [0.1, 0.15) is 26.3 Å². The summed E-state index contributed by atoms with van der Waals surface area (Å²) < 4.78 is 10.8. The fraction of sp³-hybridized carbons (Fsp3) is 0.333. The molecule has 0 spiro atoms. The zero-order valence-corrected chi connectivity index (χ0v) is 16.2. The summed E-state index contributed by atoms with van der Waals surface area (Å²) >= 11 is 0. The summed E-state index contributed by atoms with van der Waals surface area (Å²) in [7, 11) is 1.60. The van der Waals surface area contributed by atoms with Crippen LogP contribution in [-0.2, 0) is 16.1 Å². The lowest BCUT2D eigenvalue weighted by molar-refractivity contribution is -0.133. The third-order valence-corrected chi connectivity index (χ3v) is 3.84. The van der Waals surface area contributed by atoms with E-state index in [1.807, 2.05) is 50.2 Å². The molecular weight excluding hydrogens is 344 g/mol. The summed E-state index contributed by atoms with van der Waals surface area (Å²) in [6.45, 7) is 5.59. The van der Waals surface area contributed by atoms with E-state index in [9.17, 15) is 9.59 Å². The van der Waals surface area contributed by atoms with E-state index in [2.05, 4.69) is 5.32 Å². The molecule has 6 nitrogen and oxygen atoms in total. The number of ether oxygens (including phenoxy) is 2. The Kier molecular flexibility index (Phi) is 7.23. The quantitative estimate of drug-likeness (QED) is 0.773. The van der Waals surface area contributed by atoms with Gasteiger partial charge in [0.25, 0.3) is 0 Å². The summed E-state index contributed by atoms with van der Waals surface area (Å²) in [6, 6.07) is 14.6. The van der Waals surface area contributed by atoms with Crippen LogP contribution in [0.5, 0.6) is 11.5 Å². The Bertz CT molecular complexity index is 772. The van der Waals surface area contributed by atoms with Crippen LogP contribution in [0.25, 0.3) is 0 Å². The zero-order chi connectivity index (χ0) is 19.8. The van der Waals surface area contributed by atoms with Crippen LogP contribution < -0.4 is 14.8 Å². The van der Waals surface area contributed by atoms with Crippen LogP contribution in [0.2, 0.25) is 0 Å². The van der Waals surface area contributed by atoms with Crippen molar-refractivity contribution in [3.63, 3.8) is 0 Å². The average Bonchev–Trinajstić information content (AvgIpc) is 2.63. The molecule has 0 saturated carbocycles. The lowest BCUT2D eigenvalue weighted by Crippen LogP contribution is -2.36. The Hall–Kier alpha value is -3.02. The van der Waals surface area contributed by atoms with Gasteiger partial charge in [0.15, 0.2) is 0 Å². The van der Waals surface area contributed by atoms with Crippen molar-refractivity contribution in [2.24, 2.45) is 0 Å². The molecule has 0 bridgehead atoms. The van der Waals surface area contributed by atoms with Crippen LogP contribution in [0.4, 0.5) is 5.69 Å². The summed E-state index contributed by atoms with van der Waals surface area (Å²) in [5, 5.41) is 2.83. The van der Waals surface area contributed by atoms with E-state index in [1.165, 1.54) is 11.8 Å². The van der Waals surface area contributed by atoms with Gasteiger partial charge in [-0.25, -0.2) is 0 Å². The molecule has 2 rings (SSSR count). The molecule has 144 valence electrons. The molecule has 0 saturated heterocycles. The molecule has 1 N–H and O–H groups in total. The molecule has 27 heavy (non-hydrogen) atoms. The molecule has 2 aromatic rings. The van der Waals surface area contributed by atoms with E-state index in [0.29, 0.717) is 18.0 Å². The third kappa shape index (κ3) is 6.33. The van der Waals surface area contributed by atoms with Crippen LogP contribution in [0.15, 0.2) is 48.5 Å². The molecule has 0 aliphatic rings. The highest BCUT2D eigenvalue weighted by molar-refractivity contribution is 5.95. The van der Waals surface area contributed by atoms with E-state index < -0.39 is 0 Å². The standard InChI is InChI=1S/C21H26N2O4/c1-15(2)27-20-8-6-5-7-19(20)22-21(25)14-23(16(3)24)13-17-9-11-18(26-4)12-10-17/h5-12,15H,13-14H2,1-4H3,(H,22,25). The Morgan fingerprint density at radius 3 is 2.33 bits per heavy atom. The van der Waals surface area contributed by atoms with E-state index in [4.69, 9.17) is 9.47 Å². The predicted octanol–water partition coefficient (Wildman–Crippen LogP) is 3.47. The maximum Gasteiger partial charge on any atom is 0.244 e. The van der Waals surface area contributed by atoms with Gasteiger partial charge in [-0.1, -0.05) is 24.3 Å². The molecule has 2 amide bonds. The first-order chi connectivity index (χ1) is 12.9. The second kappa shape index (κ2) is 9.62. The Morgan fingerprint density at radius 2 is 1.74 bits per heavy atom. The highest BCUT2D eigenvalue weighted by atomic mass is 16.5. The van der Waals surface area contributed by atoms with Gasteiger partial charge >= 0.3 is 0 Å². The molecular formula is C21H26N2O4. The van der Waals surface area contributed by atoms with Crippen molar-refractivity contribution in [2.45, 2.75) is 33.4 Å². The minimum absolute atomic E-state index is 0.00755. The van der Waals surface area contributed by atoms with Crippen molar-refractivity contribution in [2.75, 3.05) is 19.0 Å². The number of benzene rings is 2. The van der Waals surface area contributed by atoms with Gasteiger partial charge in [0.1, 0.15) is 18.0 Å². The molecule has 0 heterocycles. The molecule has 0 aliphatic carbocycles. The predicted molar refractivity (Wildman–Crippen MR) is 105 cm³/mol. The Labute approximate surface area is 160 Å². The van der Waals surface area contributed by atoms with Gasteiger partial charge in [-0.3, -0.25) is 9.59 Å². The molecule has 0 aliphatic heterocycles. The average molecular weight is 370 g/mol. The molecule has 0 fully saturated rings. The molecule has 0 atom stereocenters. The van der Waals surface area contributed by atoms with Crippen LogP contribution >= 0.6 is 0 Å². The van der Waals surface area contributed by atoms with Gasteiger partial charge < -0.3 is 19.7 Å². The number of nitrogens with one attached hydrogen (secondary N) is 1. The first kappa shape index (κ1) is 20.3. The minimum Gasteiger partial charge on any atom is -0.497 e. The number of para-hydroxylation sites is 2. The summed E-state index contributed by atoms with van der Waals surface area (Å²) in [5.41, 5.74) is 1.51. The van der Waals surface area contributed by atoms with Crippen molar-refractivity contribution < 1.29 is 19.1 Å². The first-order valence-electron chi connectivity index (χ1n) is 8.83. The van der Waals surface area contributed by atoms with Crippen molar-refractivity contribution >= 4 is 17.5 Å². The van der Waals surface area contributed by atoms with Gasteiger partial charge in [0.2, 0.25) is 11.8 Å². The minimum atomic E-state index is -0.279. The van der Waals surface area contributed by atoms with Crippen LogP contribution in [0, 0.1) is 0 Å². The highest BCUT2D eigenvalue weighted by Crippen LogP contribution is 2.24. The van der Waals surface area contributed by atoms with Crippen LogP contribution in [0.3, 0.4) is 0 Å². The van der Waals surface area contributed by atoms with Crippen molar-refractivity contribution in [3.8, 4) is 11.5 Å².